The van der Waals surface area contributed by atoms with Crippen molar-refractivity contribution in [3.05, 3.63) is 82.1 Å². The molecule has 1 aromatic carbocycles. The number of rotatable bonds is 6. The Morgan fingerprint density at radius 1 is 1.22 bits per heavy atom. The van der Waals surface area contributed by atoms with E-state index in [1.165, 1.54) is 0 Å². The summed E-state index contributed by atoms with van der Waals surface area (Å²) in [5.74, 6) is -0.158. The van der Waals surface area contributed by atoms with E-state index in [0.717, 1.165) is 16.9 Å². The van der Waals surface area contributed by atoms with Crippen LogP contribution in [0.5, 0.6) is 0 Å². The summed E-state index contributed by atoms with van der Waals surface area (Å²) in [5.41, 5.74) is 7.56. The minimum absolute atomic E-state index is 0.158. The number of aryl methyl sites for hydroxylation is 1. The predicted octanol–water partition coefficient (Wildman–Crippen LogP) is 3.99. The Morgan fingerprint density at radius 2 is 1.96 bits per heavy atom. The van der Waals surface area contributed by atoms with E-state index in [2.05, 4.69) is 5.32 Å². The van der Waals surface area contributed by atoms with Crippen LogP contribution in [0.2, 0.25) is 0 Å². The van der Waals surface area contributed by atoms with E-state index >= 15 is 0 Å². The second kappa shape index (κ2) is 7.97. The summed E-state index contributed by atoms with van der Waals surface area (Å²) in [6.45, 7) is 3.60. The number of nitrogens with two attached hydrogens (primary N) is 1. The fourth-order valence-corrected chi connectivity index (χ4v) is 4.68. The zero-order chi connectivity index (χ0) is 19.5. The second-order valence-electron chi connectivity index (χ2n) is 7.35. The van der Waals surface area contributed by atoms with Crippen LogP contribution in [-0.2, 0) is 16.5 Å². The van der Waals surface area contributed by atoms with Crippen LogP contribution in [0, 0.1) is 0 Å². The van der Waals surface area contributed by atoms with Gasteiger partial charge in [0.1, 0.15) is 0 Å². The van der Waals surface area contributed by atoms with E-state index < -0.39 is 12.7 Å². The first-order valence-electron chi connectivity index (χ1n) is 8.91. The lowest BCUT2D eigenvalue weighted by Crippen LogP contribution is -2.54. The van der Waals surface area contributed by atoms with Crippen LogP contribution in [0.25, 0.3) is 0 Å². The van der Waals surface area contributed by atoms with Gasteiger partial charge in [0.05, 0.1) is 18.7 Å². The Hall–Kier alpha value is -1.94. The predicted molar refractivity (Wildman–Crippen MR) is 114 cm³/mol. The van der Waals surface area contributed by atoms with Gasteiger partial charge in [-0.25, -0.2) is 0 Å². The van der Waals surface area contributed by atoms with Gasteiger partial charge in [-0.15, -0.1) is 11.3 Å². The molecule has 1 heterocycles. The molecule has 3 N–H and O–H groups in total. The molecule has 0 fully saturated rings. The summed E-state index contributed by atoms with van der Waals surface area (Å²) in [5, 5.41) is 5.04. The molecule has 0 bridgehead atoms. The van der Waals surface area contributed by atoms with E-state index in [1.54, 1.807) is 24.7 Å². The molecule has 142 valence electrons. The maximum Gasteiger partial charge on any atom is 0.251 e. The molecular weight excluding hydrogens is 375 g/mol. The molecule has 2 aromatic rings. The number of hydrogen-bond acceptors (Lipinski definition) is 4. The van der Waals surface area contributed by atoms with E-state index in [9.17, 15) is 9.36 Å². The van der Waals surface area contributed by atoms with Crippen molar-refractivity contribution < 1.29 is 9.36 Å². The van der Waals surface area contributed by atoms with Gasteiger partial charge in [-0.05, 0) is 48.9 Å². The molecule has 0 saturated carbocycles. The molecule has 1 amide bonds. The molecule has 2 atom stereocenters. The van der Waals surface area contributed by atoms with E-state index in [0.29, 0.717) is 11.7 Å². The van der Waals surface area contributed by atoms with Gasteiger partial charge in [-0.2, -0.15) is 0 Å². The highest BCUT2D eigenvalue weighted by Gasteiger charge is 2.36. The highest BCUT2D eigenvalue weighted by atomic mass is 32.1. The van der Waals surface area contributed by atoms with Crippen molar-refractivity contribution in [2.45, 2.75) is 18.0 Å². The number of carbonyl (C=O) groups is 1. The average molecular weight is 400 g/mol. The summed E-state index contributed by atoms with van der Waals surface area (Å²) in [6.07, 6.45) is 9.10. The Kier molecular flexibility index (Phi) is 5.85. The molecular formula is C21H25N2O2PS. The molecule has 4 nitrogen and oxygen atoms in total. The van der Waals surface area contributed by atoms with Crippen LogP contribution >= 0.6 is 18.5 Å². The number of nitrogens with one attached hydrogen (secondary N) is 1. The zero-order valence-electron chi connectivity index (χ0n) is 15.6. The molecule has 0 radical (unpaired) electrons. The van der Waals surface area contributed by atoms with Gasteiger partial charge < -0.3 is 15.6 Å². The Labute approximate surface area is 164 Å². The van der Waals surface area contributed by atoms with Crippen molar-refractivity contribution in [1.82, 2.24) is 5.32 Å². The smallest absolute Gasteiger partial charge is 0.251 e. The van der Waals surface area contributed by atoms with Crippen molar-refractivity contribution >= 4 is 24.4 Å². The molecule has 1 aromatic heterocycles. The second-order valence-corrected chi connectivity index (χ2v) is 11.9. The maximum atomic E-state index is 12.7. The standard InChI is InChI=1S/C21H25N2O2PS/c1-26(2,25)14-12-16-8-10-17(11-9-16)20(24)23-18-6-3-4-13-21(18,22)19-7-5-15-27-19/h3-11,13,15,18H,12,14,22H2,1-2H3,(H,23,24). The summed E-state index contributed by atoms with van der Waals surface area (Å²) in [7, 11) is -2.03. The van der Waals surface area contributed by atoms with Crippen molar-refractivity contribution in [2.75, 3.05) is 19.5 Å². The van der Waals surface area contributed by atoms with Crippen LogP contribution in [0.15, 0.2) is 66.1 Å². The minimum atomic E-state index is -2.03. The number of allylic oxidation sites excluding steroid dienone is 2. The molecule has 0 aliphatic heterocycles. The van der Waals surface area contributed by atoms with Crippen molar-refractivity contribution in [1.29, 1.82) is 0 Å². The van der Waals surface area contributed by atoms with E-state index in [1.807, 2.05) is 66.1 Å². The Morgan fingerprint density at radius 3 is 2.59 bits per heavy atom. The fourth-order valence-electron chi connectivity index (χ4n) is 3.03. The van der Waals surface area contributed by atoms with Crippen LogP contribution in [0.1, 0.15) is 20.8 Å². The molecule has 27 heavy (non-hydrogen) atoms. The monoisotopic (exact) mass is 400 g/mol. The zero-order valence-corrected chi connectivity index (χ0v) is 17.3. The first kappa shape index (κ1) is 19.8. The number of thiophene rings is 1. The van der Waals surface area contributed by atoms with Crippen LogP contribution in [-0.4, -0.2) is 31.4 Å². The van der Waals surface area contributed by atoms with Crippen LogP contribution in [0.4, 0.5) is 0 Å². The van der Waals surface area contributed by atoms with Gasteiger partial charge in [0.25, 0.3) is 5.91 Å². The Balaban J connectivity index is 1.70. The third-order valence-electron chi connectivity index (χ3n) is 4.69. The lowest BCUT2D eigenvalue weighted by Gasteiger charge is -2.34. The molecule has 6 heteroatoms. The van der Waals surface area contributed by atoms with Gasteiger partial charge in [0, 0.05) is 16.6 Å². The third-order valence-corrected chi connectivity index (χ3v) is 7.03. The van der Waals surface area contributed by atoms with Gasteiger partial charge >= 0.3 is 0 Å². The minimum Gasteiger partial charge on any atom is -0.343 e. The molecule has 1 aliphatic rings. The molecule has 2 unspecified atom stereocenters. The van der Waals surface area contributed by atoms with Crippen molar-refractivity contribution in [3.63, 3.8) is 0 Å². The van der Waals surface area contributed by atoms with Crippen LogP contribution in [0.3, 0.4) is 0 Å². The topological polar surface area (TPSA) is 72.2 Å². The largest absolute Gasteiger partial charge is 0.343 e. The van der Waals surface area contributed by atoms with Gasteiger partial charge in [0.15, 0.2) is 0 Å². The molecule has 0 spiro atoms. The normalized spacial score (nSPS) is 22.0. The van der Waals surface area contributed by atoms with Crippen molar-refractivity contribution in [3.8, 4) is 0 Å². The average Bonchev–Trinajstić information content (AvgIpc) is 3.17. The molecule has 3 rings (SSSR count). The Bertz CT molecular complexity index is 897. The number of hydrogen-bond donors (Lipinski definition) is 2. The van der Waals surface area contributed by atoms with Crippen LogP contribution < -0.4 is 11.1 Å². The molecule has 0 saturated heterocycles. The number of carbonyl (C=O) groups excluding carboxylic acids is 1. The first-order valence-corrected chi connectivity index (χ1v) is 12.6. The number of benzene rings is 1. The quantitative estimate of drug-likeness (QED) is 0.720. The molecule has 1 aliphatic carbocycles. The lowest BCUT2D eigenvalue weighted by atomic mass is 9.85. The highest BCUT2D eigenvalue weighted by molar-refractivity contribution is 7.62. The van der Waals surface area contributed by atoms with Gasteiger partial charge in [0.2, 0.25) is 0 Å². The first-order chi connectivity index (χ1) is 12.8. The summed E-state index contributed by atoms with van der Waals surface area (Å²) in [6, 6.07) is 11.1. The highest BCUT2D eigenvalue weighted by Crippen LogP contribution is 2.36. The fraction of sp³-hybridized carbons (Fsp3) is 0.286. The van der Waals surface area contributed by atoms with Crippen molar-refractivity contribution in [2.24, 2.45) is 5.73 Å². The summed E-state index contributed by atoms with van der Waals surface area (Å²) < 4.78 is 11.9. The van der Waals surface area contributed by atoms with Gasteiger partial charge in [-0.3, -0.25) is 4.79 Å². The lowest BCUT2D eigenvalue weighted by molar-refractivity contribution is 0.0933. The number of amides is 1. The summed E-state index contributed by atoms with van der Waals surface area (Å²) >= 11 is 1.58. The maximum absolute atomic E-state index is 12.7. The van der Waals surface area contributed by atoms with E-state index in [4.69, 9.17) is 5.73 Å². The van der Waals surface area contributed by atoms with Gasteiger partial charge in [-0.1, -0.05) is 42.5 Å². The SMILES string of the molecule is CP(C)(=O)CCc1ccc(C(=O)NC2C=CC=CC2(N)c2cccs2)cc1. The summed E-state index contributed by atoms with van der Waals surface area (Å²) in [4.78, 5) is 13.7. The third kappa shape index (κ3) is 4.86. The van der Waals surface area contributed by atoms with E-state index in [-0.39, 0.29) is 11.9 Å².